The molecule has 0 spiro atoms. The van der Waals surface area contributed by atoms with Crippen LogP contribution in [0.5, 0.6) is 0 Å². The second-order valence-corrected chi connectivity index (χ2v) is 6.99. The number of ether oxygens (including phenoxy) is 1. The topological polar surface area (TPSA) is 50.1 Å². The van der Waals surface area contributed by atoms with Crippen molar-refractivity contribution in [1.29, 1.82) is 0 Å². The van der Waals surface area contributed by atoms with E-state index in [0.717, 1.165) is 30.1 Å². The van der Waals surface area contributed by atoms with Gasteiger partial charge in [0.25, 0.3) is 0 Å². The molecule has 2 aromatic rings. The summed E-state index contributed by atoms with van der Waals surface area (Å²) in [5.41, 5.74) is 2.66. The van der Waals surface area contributed by atoms with E-state index in [-0.39, 0.29) is 6.09 Å². The van der Waals surface area contributed by atoms with Crippen LogP contribution >= 0.6 is 0 Å². The molecule has 1 aliphatic rings. The Hall–Kier alpha value is -2.24. The molecule has 6 nitrogen and oxygen atoms in total. The van der Waals surface area contributed by atoms with Crippen molar-refractivity contribution in [2.45, 2.75) is 33.3 Å². The Morgan fingerprint density at radius 2 is 1.91 bits per heavy atom. The highest BCUT2D eigenvalue weighted by Crippen LogP contribution is 2.20. The number of imidazole rings is 1. The molecule has 1 saturated heterocycles. The first-order chi connectivity index (χ1) is 10.8. The van der Waals surface area contributed by atoms with Crippen molar-refractivity contribution >= 4 is 17.4 Å². The molecule has 6 heteroatoms. The van der Waals surface area contributed by atoms with Crippen LogP contribution in [0.15, 0.2) is 24.5 Å². The van der Waals surface area contributed by atoms with Crippen molar-refractivity contribution in [3.8, 4) is 0 Å². The van der Waals surface area contributed by atoms with Gasteiger partial charge >= 0.3 is 6.09 Å². The fourth-order valence-corrected chi connectivity index (χ4v) is 2.77. The molecule has 3 rings (SSSR count). The number of piperazine rings is 1. The van der Waals surface area contributed by atoms with Gasteiger partial charge in [0.2, 0.25) is 0 Å². The molecule has 23 heavy (non-hydrogen) atoms. The molecule has 0 bridgehead atoms. The molecular formula is C17H24N4O2. The predicted octanol–water partition coefficient (Wildman–Crippen LogP) is 2.70. The highest BCUT2D eigenvalue weighted by molar-refractivity contribution is 5.68. The number of amides is 1. The van der Waals surface area contributed by atoms with E-state index in [9.17, 15) is 4.79 Å². The van der Waals surface area contributed by atoms with E-state index < -0.39 is 5.60 Å². The number of hydrogen-bond donors (Lipinski definition) is 0. The molecule has 0 N–H and O–H groups in total. The van der Waals surface area contributed by atoms with Crippen molar-refractivity contribution in [2.75, 3.05) is 31.1 Å². The largest absolute Gasteiger partial charge is 0.444 e. The van der Waals surface area contributed by atoms with Gasteiger partial charge in [0.05, 0.1) is 5.69 Å². The fraction of sp³-hybridized carbons (Fsp3) is 0.529. The van der Waals surface area contributed by atoms with Crippen LogP contribution in [-0.4, -0.2) is 52.2 Å². The molecule has 1 aliphatic heterocycles. The van der Waals surface area contributed by atoms with Crippen LogP contribution in [0.3, 0.4) is 0 Å². The molecule has 1 amide bonds. The van der Waals surface area contributed by atoms with Gasteiger partial charge in [-0.2, -0.15) is 0 Å². The van der Waals surface area contributed by atoms with Gasteiger partial charge in [0.15, 0.2) is 0 Å². The lowest BCUT2D eigenvalue weighted by Crippen LogP contribution is -2.50. The number of carbonyl (C=O) groups is 1. The summed E-state index contributed by atoms with van der Waals surface area (Å²) < 4.78 is 7.46. The maximum Gasteiger partial charge on any atom is 0.410 e. The Kier molecular flexibility index (Phi) is 3.92. The second-order valence-electron chi connectivity index (χ2n) is 6.99. The first-order valence-electron chi connectivity index (χ1n) is 8.00. The maximum absolute atomic E-state index is 12.1. The molecule has 0 saturated carbocycles. The Balaban J connectivity index is 1.64. The summed E-state index contributed by atoms with van der Waals surface area (Å²) in [7, 11) is 0. The van der Waals surface area contributed by atoms with Crippen molar-refractivity contribution < 1.29 is 9.53 Å². The number of hydrogen-bond acceptors (Lipinski definition) is 4. The molecule has 2 aromatic heterocycles. The lowest BCUT2D eigenvalue weighted by molar-refractivity contribution is 0.0240. The number of pyridine rings is 1. The van der Waals surface area contributed by atoms with E-state index >= 15 is 0 Å². The molecule has 0 unspecified atom stereocenters. The van der Waals surface area contributed by atoms with Crippen LogP contribution in [-0.2, 0) is 4.74 Å². The maximum atomic E-state index is 12.1. The zero-order valence-electron chi connectivity index (χ0n) is 14.2. The second kappa shape index (κ2) is 5.76. The van der Waals surface area contributed by atoms with Crippen molar-refractivity contribution in [1.82, 2.24) is 14.3 Å². The van der Waals surface area contributed by atoms with Gasteiger partial charge in [-0.3, -0.25) is 0 Å². The fourth-order valence-electron chi connectivity index (χ4n) is 2.77. The van der Waals surface area contributed by atoms with E-state index in [1.165, 1.54) is 0 Å². The van der Waals surface area contributed by atoms with Crippen LogP contribution in [0.2, 0.25) is 0 Å². The van der Waals surface area contributed by atoms with Gasteiger partial charge in [0.1, 0.15) is 11.2 Å². The number of aromatic nitrogens is 2. The molecule has 0 aliphatic carbocycles. The highest BCUT2D eigenvalue weighted by Gasteiger charge is 2.26. The lowest BCUT2D eigenvalue weighted by Gasteiger charge is -2.36. The predicted molar refractivity (Wildman–Crippen MR) is 89.9 cm³/mol. The average molecular weight is 316 g/mol. The normalized spacial score (nSPS) is 16.0. The third-order valence-corrected chi connectivity index (χ3v) is 3.86. The minimum Gasteiger partial charge on any atom is -0.444 e. The van der Waals surface area contributed by atoms with Gasteiger partial charge in [-0.1, -0.05) is 0 Å². The summed E-state index contributed by atoms with van der Waals surface area (Å²) in [5.74, 6) is 0. The molecule has 3 heterocycles. The number of anilines is 1. The Labute approximate surface area is 136 Å². The monoisotopic (exact) mass is 316 g/mol. The summed E-state index contributed by atoms with van der Waals surface area (Å²) in [6, 6.07) is 4.19. The van der Waals surface area contributed by atoms with Gasteiger partial charge in [-0.05, 0) is 33.8 Å². The SMILES string of the molecule is Cc1cn2ccc(N3CCN(C(=O)OC(C)(C)C)CC3)cc2n1. The third-order valence-electron chi connectivity index (χ3n) is 3.86. The standard InChI is InChI=1S/C17H24N4O2/c1-13-12-21-6-5-14(11-15(21)18-13)19-7-9-20(10-8-19)16(22)23-17(2,3)4/h5-6,11-12H,7-10H2,1-4H3. The van der Waals surface area contributed by atoms with Crippen LogP contribution in [0.1, 0.15) is 26.5 Å². The van der Waals surface area contributed by atoms with Crippen LogP contribution in [0.25, 0.3) is 5.65 Å². The molecule has 124 valence electrons. The minimum atomic E-state index is -0.447. The zero-order chi connectivity index (χ0) is 16.6. The number of aryl methyl sites for hydroxylation is 1. The van der Waals surface area contributed by atoms with Crippen molar-refractivity contribution in [3.63, 3.8) is 0 Å². The average Bonchev–Trinajstić information content (AvgIpc) is 2.84. The van der Waals surface area contributed by atoms with Gasteiger partial charge in [0, 0.05) is 50.3 Å². The van der Waals surface area contributed by atoms with Gasteiger partial charge in [-0.25, -0.2) is 9.78 Å². The summed E-state index contributed by atoms with van der Waals surface area (Å²) >= 11 is 0. The number of nitrogens with zero attached hydrogens (tertiary/aromatic N) is 4. The van der Waals surface area contributed by atoms with Crippen LogP contribution < -0.4 is 4.90 Å². The lowest BCUT2D eigenvalue weighted by atomic mass is 10.2. The first kappa shape index (κ1) is 15.6. The van der Waals surface area contributed by atoms with E-state index in [0.29, 0.717) is 13.1 Å². The number of carbonyl (C=O) groups excluding carboxylic acids is 1. The Morgan fingerprint density at radius 1 is 1.22 bits per heavy atom. The van der Waals surface area contributed by atoms with E-state index in [1.54, 1.807) is 4.90 Å². The number of rotatable bonds is 1. The van der Waals surface area contributed by atoms with Crippen LogP contribution in [0.4, 0.5) is 10.5 Å². The van der Waals surface area contributed by atoms with Gasteiger partial charge < -0.3 is 18.9 Å². The quantitative estimate of drug-likeness (QED) is 0.812. The van der Waals surface area contributed by atoms with E-state index in [2.05, 4.69) is 22.0 Å². The smallest absolute Gasteiger partial charge is 0.410 e. The zero-order valence-corrected chi connectivity index (χ0v) is 14.2. The van der Waals surface area contributed by atoms with Crippen molar-refractivity contribution in [2.24, 2.45) is 0 Å². The highest BCUT2D eigenvalue weighted by atomic mass is 16.6. The van der Waals surface area contributed by atoms with Crippen molar-refractivity contribution in [3.05, 3.63) is 30.2 Å². The summed E-state index contributed by atoms with van der Waals surface area (Å²) in [6.45, 7) is 10.6. The Morgan fingerprint density at radius 3 is 2.57 bits per heavy atom. The van der Waals surface area contributed by atoms with Crippen LogP contribution in [0, 0.1) is 6.92 Å². The molecule has 0 aromatic carbocycles. The Bertz CT molecular complexity index is 709. The van der Waals surface area contributed by atoms with E-state index in [4.69, 9.17) is 4.74 Å². The summed E-state index contributed by atoms with van der Waals surface area (Å²) in [6.07, 6.45) is 3.82. The summed E-state index contributed by atoms with van der Waals surface area (Å²) in [4.78, 5) is 20.7. The van der Waals surface area contributed by atoms with Gasteiger partial charge in [-0.15, -0.1) is 0 Å². The molecule has 0 atom stereocenters. The van der Waals surface area contributed by atoms with E-state index in [1.807, 2.05) is 44.5 Å². The third kappa shape index (κ3) is 3.57. The minimum absolute atomic E-state index is 0.225. The molecular weight excluding hydrogens is 292 g/mol. The molecule has 0 radical (unpaired) electrons. The first-order valence-corrected chi connectivity index (χ1v) is 8.00. The summed E-state index contributed by atoms with van der Waals surface area (Å²) in [5, 5.41) is 0. The molecule has 1 fully saturated rings. The number of fused-ring (bicyclic) bond motifs is 1.